The number of nitrogens with zero attached hydrogens (tertiary/aromatic N) is 3. The highest BCUT2D eigenvalue weighted by atomic mass is 32.1. The molecule has 0 bridgehead atoms. The second-order valence-electron chi connectivity index (χ2n) is 5.81. The molecular weight excluding hydrogens is 409 g/mol. The van der Waals surface area contributed by atoms with Gasteiger partial charge in [-0.2, -0.15) is 18.3 Å². The summed E-state index contributed by atoms with van der Waals surface area (Å²) in [5, 5.41) is 8.48. The minimum atomic E-state index is -4.50. The van der Waals surface area contributed by atoms with Crippen molar-refractivity contribution in [2.75, 3.05) is 11.9 Å². The average molecular weight is 424 g/mol. The molecule has 0 aliphatic carbocycles. The highest BCUT2D eigenvalue weighted by Crippen LogP contribution is 2.30. The zero-order valence-electron chi connectivity index (χ0n) is 15.1. The molecule has 1 amide bonds. The van der Waals surface area contributed by atoms with Gasteiger partial charge in [-0.25, -0.2) is 9.78 Å². The molecule has 2 heterocycles. The van der Waals surface area contributed by atoms with Gasteiger partial charge in [0.15, 0.2) is 0 Å². The van der Waals surface area contributed by atoms with Gasteiger partial charge in [-0.15, -0.1) is 11.3 Å². The number of esters is 1. The fourth-order valence-corrected chi connectivity index (χ4v) is 3.13. The smallest absolute Gasteiger partial charge is 0.416 e. The van der Waals surface area contributed by atoms with E-state index >= 15 is 0 Å². The predicted octanol–water partition coefficient (Wildman–Crippen LogP) is 3.84. The van der Waals surface area contributed by atoms with E-state index in [2.05, 4.69) is 15.4 Å². The quantitative estimate of drug-likeness (QED) is 0.608. The summed E-state index contributed by atoms with van der Waals surface area (Å²) in [6.45, 7) is 2.17. The van der Waals surface area contributed by atoms with Crippen LogP contribution in [-0.4, -0.2) is 33.2 Å². The molecule has 0 unspecified atom stereocenters. The number of anilines is 1. The minimum absolute atomic E-state index is 0.0190. The fraction of sp³-hybridized carbons (Fsp3) is 0.222. The first-order valence-corrected chi connectivity index (χ1v) is 9.27. The van der Waals surface area contributed by atoms with Crippen LogP contribution in [0.5, 0.6) is 0 Å². The highest BCUT2D eigenvalue weighted by Gasteiger charge is 2.30. The SMILES string of the molecule is CCOC(=O)c1cnn(Cc2nc(C(=O)Nc3cccc(C(F)(F)F)c3)cs2)c1. The van der Waals surface area contributed by atoms with Gasteiger partial charge >= 0.3 is 12.1 Å². The lowest BCUT2D eigenvalue weighted by Gasteiger charge is -2.09. The third kappa shape index (κ3) is 5.19. The van der Waals surface area contributed by atoms with Crippen LogP contribution in [0.1, 0.15) is 38.3 Å². The summed E-state index contributed by atoms with van der Waals surface area (Å²) < 4.78 is 44.7. The summed E-state index contributed by atoms with van der Waals surface area (Å²) >= 11 is 1.19. The Hall–Kier alpha value is -3.21. The van der Waals surface area contributed by atoms with Gasteiger partial charge in [0.25, 0.3) is 5.91 Å². The van der Waals surface area contributed by atoms with Gasteiger partial charge in [-0.05, 0) is 25.1 Å². The fourth-order valence-electron chi connectivity index (χ4n) is 2.36. The van der Waals surface area contributed by atoms with Crippen molar-refractivity contribution in [3.8, 4) is 0 Å². The number of carbonyl (C=O) groups excluding carboxylic acids is 2. The number of benzene rings is 1. The first kappa shape index (κ1) is 20.5. The second-order valence-corrected chi connectivity index (χ2v) is 6.75. The van der Waals surface area contributed by atoms with Crippen LogP contribution in [0.25, 0.3) is 0 Å². The molecule has 11 heteroatoms. The lowest BCUT2D eigenvalue weighted by Crippen LogP contribution is -2.14. The van der Waals surface area contributed by atoms with E-state index in [1.165, 1.54) is 45.9 Å². The van der Waals surface area contributed by atoms with E-state index in [1.807, 2.05) is 0 Å². The molecule has 2 aromatic heterocycles. The van der Waals surface area contributed by atoms with Gasteiger partial charge in [0.05, 0.1) is 30.5 Å². The molecule has 29 heavy (non-hydrogen) atoms. The standard InChI is InChI=1S/C18H15F3N4O3S/c1-2-28-17(27)11-7-22-25(8-11)9-15-24-14(10-29-15)16(26)23-13-5-3-4-12(6-13)18(19,20)21/h3-8,10H,2,9H2,1H3,(H,23,26). The Morgan fingerprint density at radius 3 is 2.83 bits per heavy atom. The maximum absolute atomic E-state index is 12.8. The maximum atomic E-state index is 12.8. The topological polar surface area (TPSA) is 86.1 Å². The molecule has 0 aliphatic rings. The van der Waals surface area contributed by atoms with Gasteiger partial charge in [-0.3, -0.25) is 9.48 Å². The molecule has 0 fully saturated rings. The number of hydrogen-bond donors (Lipinski definition) is 1. The highest BCUT2D eigenvalue weighted by molar-refractivity contribution is 7.09. The number of nitrogens with one attached hydrogen (secondary N) is 1. The van der Waals surface area contributed by atoms with Crippen LogP contribution in [0.2, 0.25) is 0 Å². The second kappa shape index (κ2) is 8.43. The van der Waals surface area contributed by atoms with E-state index < -0.39 is 23.6 Å². The average Bonchev–Trinajstić information content (AvgIpc) is 3.32. The molecular formula is C18H15F3N4O3S. The van der Waals surface area contributed by atoms with Crippen molar-refractivity contribution < 1.29 is 27.5 Å². The summed E-state index contributed by atoms with van der Waals surface area (Å²) in [4.78, 5) is 28.1. The lowest BCUT2D eigenvalue weighted by molar-refractivity contribution is -0.137. The Kier molecular flexibility index (Phi) is 5.97. The van der Waals surface area contributed by atoms with E-state index in [4.69, 9.17) is 4.74 Å². The van der Waals surface area contributed by atoms with Gasteiger partial charge in [0.1, 0.15) is 10.7 Å². The van der Waals surface area contributed by atoms with Crippen LogP contribution in [-0.2, 0) is 17.5 Å². The Bertz CT molecular complexity index is 1030. The Morgan fingerprint density at radius 1 is 1.31 bits per heavy atom. The van der Waals surface area contributed by atoms with Gasteiger partial charge in [-0.1, -0.05) is 6.07 Å². The van der Waals surface area contributed by atoms with Crippen molar-refractivity contribution in [3.05, 3.63) is 63.9 Å². The molecule has 3 rings (SSSR count). The zero-order chi connectivity index (χ0) is 21.0. The van der Waals surface area contributed by atoms with Crippen molar-refractivity contribution >= 4 is 28.9 Å². The van der Waals surface area contributed by atoms with E-state index in [1.54, 1.807) is 6.92 Å². The van der Waals surface area contributed by atoms with E-state index in [0.717, 1.165) is 12.1 Å². The Labute approximate surface area is 167 Å². The molecule has 152 valence electrons. The van der Waals surface area contributed by atoms with Gasteiger partial charge < -0.3 is 10.1 Å². The number of alkyl halides is 3. The van der Waals surface area contributed by atoms with Crippen LogP contribution in [0.15, 0.2) is 42.0 Å². The summed E-state index contributed by atoms with van der Waals surface area (Å²) in [7, 11) is 0. The molecule has 0 saturated carbocycles. The summed E-state index contributed by atoms with van der Waals surface area (Å²) in [6.07, 6.45) is -1.63. The number of ether oxygens (including phenoxy) is 1. The number of hydrogen-bond acceptors (Lipinski definition) is 6. The third-order valence-corrected chi connectivity index (χ3v) is 4.51. The van der Waals surface area contributed by atoms with Crippen molar-refractivity contribution in [2.45, 2.75) is 19.6 Å². The Morgan fingerprint density at radius 2 is 2.10 bits per heavy atom. The first-order valence-electron chi connectivity index (χ1n) is 8.39. The molecule has 7 nitrogen and oxygen atoms in total. The van der Waals surface area contributed by atoms with Crippen LogP contribution in [0, 0.1) is 0 Å². The predicted molar refractivity (Wildman–Crippen MR) is 98.8 cm³/mol. The summed E-state index contributed by atoms with van der Waals surface area (Å²) in [5.41, 5.74) is -0.470. The molecule has 3 aromatic rings. The minimum Gasteiger partial charge on any atom is -0.462 e. The van der Waals surface area contributed by atoms with Crippen molar-refractivity contribution in [2.24, 2.45) is 0 Å². The molecule has 0 saturated heterocycles. The van der Waals surface area contributed by atoms with E-state index in [-0.39, 0.29) is 24.5 Å². The molecule has 0 spiro atoms. The van der Waals surface area contributed by atoms with Crippen LogP contribution < -0.4 is 5.32 Å². The summed E-state index contributed by atoms with van der Waals surface area (Å²) in [6, 6.07) is 4.35. The normalized spacial score (nSPS) is 11.3. The van der Waals surface area contributed by atoms with Gasteiger partial charge in [0.2, 0.25) is 0 Å². The van der Waals surface area contributed by atoms with E-state index in [9.17, 15) is 22.8 Å². The molecule has 0 radical (unpaired) electrons. The number of amides is 1. The lowest BCUT2D eigenvalue weighted by atomic mass is 10.2. The number of carbonyl (C=O) groups is 2. The largest absolute Gasteiger partial charge is 0.462 e. The van der Waals surface area contributed by atoms with Crippen molar-refractivity contribution in [3.63, 3.8) is 0 Å². The monoisotopic (exact) mass is 424 g/mol. The number of halogens is 3. The molecule has 1 aromatic carbocycles. The number of aromatic nitrogens is 3. The third-order valence-electron chi connectivity index (χ3n) is 3.67. The summed E-state index contributed by atoms with van der Waals surface area (Å²) in [5.74, 6) is -1.11. The maximum Gasteiger partial charge on any atom is 0.416 e. The number of thiazole rings is 1. The number of rotatable bonds is 6. The molecule has 0 atom stereocenters. The van der Waals surface area contributed by atoms with Crippen LogP contribution in [0.3, 0.4) is 0 Å². The first-order chi connectivity index (χ1) is 13.8. The van der Waals surface area contributed by atoms with Crippen molar-refractivity contribution in [1.29, 1.82) is 0 Å². The molecule has 1 N–H and O–H groups in total. The van der Waals surface area contributed by atoms with Crippen LogP contribution >= 0.6 is 11.3 Å². The van der Waals surface area contributed by atoms with Gasteiger partial charge in [0, 0.05) is 17.3 Å². The van der Waals surface area contributed by atoms with E-state index in [0.29, 0.717) is 10.6 Å². The Balaban J connectivity index is 1.65. The molecule has 0 aliphatic heterocycles. The van der Waals surface area contributed by atoms with Crippen LogP contribution in [0.4, 0.5) is 18.9 Å². The van der Waals surface area contributed by atoms with Crippen molar-refractivity contribution in [1.82, 2.24) is 14.8 Å². The zero-order valence-corrected chi connectivity index (χ0v) is 15.9.